The molecule has 0 aliphatic rings. The number of carbonyl (C=O) groups is 1. The number of amides is 1. The fraction of sp³-hybridized carbons (Fsp3) is 0.267. The third kappa shape index (κ3) is 2.65. The quantitative estimate of drug-likeness (QED) is 0.794. The van der Waals surface area contributed by atoms with Crippen molar-refractivity contribution < 1.29 is 9.21 Å². The first-order valence-corrected chi connectivity index (χ1v) is 6.75. The van der Waals surface area contributed by atoms with E-state index in [1.165, 1.54) is 6.39 Å². The largest absolute Gasteiger partial charge is 0.451 e. The molecule has 1 N–H and O–H groups in total. The number of rotatable bonds is 4. The Kier molecular flexibility index (Phi) is 3.43. The second-order valence-corrected chi connectivity index (χ2v) is 5.05. The Morgan fingerprint density at radius 2 is 2.24 bits per heavy atom. The van der Waals surface area contributed by atoms with Crippen LogP contribution in [0.25, 0.3) is 10.9 Å². The van der Waals surface area contributed by atoms with Crippen LogP contribution in [-0.4, -0.2) is 26.7 Å². The van der Waals surface area contributed by atoms with Crippen LogP contribution in [0.2, 0.25) is 0 Å². The zero-order valence-electron chi connectivity index (χ0n) is 11.9. The van der Waals surface area contributed by atoms with Crippen LogP contribution >= 0.6 is 0 Å². The molecule has 2 aromatic heterocycles. The van der Waals surface area contributed by atoms with Gasteiger partial charge in [-0.25, -0.2) is 4.98 Å². The number of aryl methyl sites for hydroxylation is 1. The summed E-state index contributed by atoms with van der Waals surface area (Å²) in [6.07, 6.45) is 3.59. The maximum absolute atomic E-state index is 12.4. The molecule has 3 aromatic rings. The van der Waals surface area contributed by atoms with Crippen LogP contribution in [0.5, 0.6) is 0 Å². The van der Waals surface area contributed by atoms with E-state index in [-0.39, 0.29) is 11.9 Å². The maximum atomic E-state index is 12.4. The average Bonchev–Trinajstić information content (AvgIpc) is 3.07. The highest BCUT2D eigenvalue weighted by Crippen LogP contribution is 2.17. The third-order valence-electron chi connectivity index (χ3n) is 3.35. The van der Waals surface area contributed by atoms with Gasteiger partial charge in [0.2, 0.25) is 0 Å². The van der Waals surface area contributed by atoms with E-state index in [1.807, 2.05) is 38.2 Å². The van der Waals surface area contributed by atoms with Crippen molar-refractivity contribution in [1.82, 2.24) is 20.1 Å². The molecule has 0 unspecified atom stereocenters. The number of carbonyl (C=O) groups excluding carboxylic acids is 1. The molecule has 6 heteroatoms. The molecule has 2 heterocycles. The summed E-state index contributed by atoms with van der Waals surface area (Å²) < 4.78 is 6.64. The number of hydrogen-bond donors (Lipinski definition) is 1. The predicted octanol–water partition coefficient (Wildman–Crippen LogP) is 1.92. The molecular weight excluding hydrogens is 268 g/mol. The van der Waals surface area contributed by atoms with Crippen molar-refractivity contribution in [2.24, 2.45) is 7.05 Å². The number of nitrogens with one attached hydrogen (secondary N) is 1. The summed E-state index contributed by atoms with van der Waals surface area (Å²) in [5.41, 5.74) is 2.19. The van der Waals surface area contributed by atoms with Crippen LogP contribution < -0.4 is 5.32 Å². The molecule has 0 saturated heterocycles. The highest BCUT2D eigenvalue weighted by atomic mass is 16.3. The summed E-state index contributed by atoms with van der Waals surface area (Å²) in [4.78, 5) is 16.4. The van der Waals surface area contributed by atoms with E-state index in [4.69, 9.17) is 4.42 Å². The lowest BCUT2D eigenvalue weighted by Crippen LogP contribution is -2.34. The normalized spacial score (nSPS) is 12.5. The van der Waals surface area contributed by atoms with Crippen molar-refractivity contribution in [3.05, 3.63) is 48.3 Å². The fourth-order valence-corrected chi connectivity index (χ4v) is 2.38. The smallest absolute Gasteiger partial charge is 0.272 e. The van der Waals surface area contributed by atoms with Crippen LogP contribution in [0.1, 0.15) is 23.1 Å². The van der Waals surface area contributed by atoms with E-state index in [2.05, 4.69) is 15.4 Å². The van der Waals surface area contributed by atoms with E-state index in [9.17, 15) is 4.79 Å². The minimum absolute atomic E-state index is 0.0524. The lowest BCUT2D eigenvalue weighted by Gasteiger charge is -2.11. The summed E-state index contributed by atoms with van der Waals surface area (Å²) in [5, 5.41) is 8.11. The second kappa shape index (κ2) is 5.40. The number of benzene rings is 1. The Bertz CT molecular complexity index is 761. The summed E-state index contributed by atoms with van der Waals surface area (Å²) in [6.45, 7) is 1.93. The van der Waals surface area contributed by atoms with Gasteiger partial charge in [-0.1, -0.05) is 18.2 Å². The zero-order chi connectivity index (χ0) is 14.8. The van der Waals surface area contributed by atoms with Crippen LogP contribution in [0.4, 0.5) is 0 Å². The summed E-state index contributed by atoms with van der Waals surface area (Å²) in [5.74, 6) is -0.178. The molecular formula is C15H16N4O2. The number of fused-ring (bicyclic) bond motifs is 1. The zero-order valence-corrected chi connectivity index (χ0v) is 11.9. The lowest BCUT2D eigenvalue weighted by molar-refractivity contribution is 0.0935. The third-order valence-corrected chi connectivity index (χ3v) is 3.35. The Labute approximate surface area is 121 Å². The molecule has 0 aliphatic heterocycles. The van der Waals surface area contributed by atoms with Crippen LogP contribution in [0.3, 0.4) is 0 Å². The highest BCUT2D eigenvalue weighted by Gasteiger charge is 2.17. The topological polar surface area (TPSA) is 73.0 Å². The van der Waals surface area contributed by atoms with Crippen molar-refractivity contribution in [3.63, 3.8) is 0 Å². The van der Waals surface area contributed by atoms with Crippen molar-refractivity contribution >= 4 is 16.8 Å². The number of oxazole rings is 1. The predicted molar refractivity (Wildman–Crippen MR) is 77.8 cm³/mol. The van der Waals surface area contributed by atoms with Crippen molar-refractivity contribution in [2.45, 2.75) is 19.4 Å². The van der Waals surface area contributed by atoms with Gasteiger partial charge in [0, 0.05) is 24.9 Å². The van der Waals surface area contributed by atoms with Gasteiger partial charge in [-0.2, -0.15) is 5.10 Å². The Balaban J connectivity index is 1.78. The van der Waals surface area contributed by atoms with Crippen LogP contribution in [0, 0.1) is 0 Å². The van der Waals surface area contributed by atoms with E-state index < -0.39 is 0 Å². The Hall–Kier alpha value is -2.63. The molecule has 0 spiro atoms. The SMILES string of the molecule is C[C@@H](Cc1cocn1)NC(=O)c1nn(C)c2ccccc12. The molecule has 0 radical (unpaired) electrons. The molecule has 3 rings (SSSR count). The Morgan fingerprint density at radius 3 is 3.00 bits per heavy atom. The first-order valence-electron chi connectivity index (χ1n) is 6.75. The average molecular weight is 284 g/mol. The van der Waals surface area contributed by atoms with E-state index in [0.29, 0.717) is 12.1 Å². The van der Waals surface area contributed by atoms with Crippen LogP contribution in [-0.2, 0) is 13.5 Å². The lowest BCUT2D eigenvalue weighted by atomic mass is 10.1. The van der Waals surface area contributed by atoms with E-state index >= 15 is 0 Å². The number of aromatic nitrogens is 3. The molecule has 6 nitrogen and oxygen atoms in total. The molecule has 0 saturated carbocycles. The summed E-state index contributed by atoms with van der Waals surface area (Å²) in [7, 11) is 1.83. The minimum Gasteiger partial charge on any atom is -0.451 e. The van der Waals surface area contributed by atoms with Gasteiger partial charge in [0.15, 0.2) is 12.1 Å². The molecule has 1 amide bonds. The monoisotopic (exact) mass is 284 g/mol. The fourth-order valence-electron chi connectivity index (χ4n) is 2.38. The van der Waals surface area contributed by atoms with Crippen molar-refractivity contribution in [3.8, 4) is 0 Å². The Morgan fingerprint density at radius 1 is 1.43 bits per heavy atom. The second-order valence-electron chi connectivity index (χ2n) is 5.05. The van der Waals surface area contributed by atoms with E-state index in [0.717, 1.165) is 16.6 Å². The molecule has 1 aromatic carbocycles. The number of para-hydroxylation sites is 1. The minimum atomic E-state index is -0.178. The van der Waals surface area contributed by atoms with Gasteiger partial charge >= 0.3 is 0 Å². The van der Waals surface area contributed by atoms with Crippen molar-refractivity contribution in [2.75, 3.05) is 0 Å². The van der Waals surface area contributed by atoms with E-state index in [1.54, 1.807) is 10.9 Å². The number of nitrogens with zero attached hydrogens (tertiary/aromatic N) is 3. The first-order chi connectivity index (χ1) is 10.1. The molecule has 0 fully saturated rings. The molecule has 108 valence electrons. The van der Waals surface area contributed by atoms with Crippen molar-refractivity contribution in [1.29, 1.82) is 0 Å². The molecule has 1 atom stereocenters. The van der Waals surface area contributed by atoms with Crippen LogP contribution in [0.15, 0.2) is 41.3 Å². The van der Waals surface area contributed by atoms with Gasteiger partial charge < -0.3 is 9.73 Å². The number of hydrogen-bond acceptors (Lipinski definition) is 4. The maximum Gasteiger partial charge on any atom is 0.272 e. The van der Waals surface area contributed by atoms with Gasteiger partial charge in [-0.05, 0) is 13.0 Å². The molecule has 0 aliphatic carbocycles. The summed E-state index contributed by atoms with van der Waals surface area (Å²) >= 11 is 0. The van der Waals surface area contributed by atoms with Gasteiger partial charge in [0.25, 0.3) is 5.91 Å². The first kappa shape index (κ1) is 13.4. The van der Waals surface area contributed by atoms with Gasteiger partial charge in [0.05, 0.1) is 11.2 Å². The van der Waals surface area contributed by atoms with Gasteiger partial charge in [0.1, 0.15) is 6.26 Å². The molecule has 21 heavy (non-hydrogen) atoms. The molecule has 0 bridgehead atoms. The highest BCUT2D eigenvalue weighted by molar-refractivity contribution is 6.04. The van der Waals surface area contributed by atoms with Gasteiger partial charge in [-0.3, -0.25) is 9.48 Å². The van der Waals surface area contributed by atoms with Gasteiger partial charge in [-0.15, -0.1) is 0 Å². The summed E-state index contributed by atoms with van der Waals surface area (Å²) in [6, 6.07) is 7.62. The standard InChI is InChI=1S/C15H16N4O2/c1-10(7-11-8-21-9-16-11)17-15(20)14-12-5-3-4-6-13(12)19(2)18-14/h3-6,8-10H,7H2,1-2H3,(H,17,20)/t10-/m0/s1.